The SMILES string of the molecule is C=CC[n+]1cc(CCCCCC)n(C)n1. The van der Waals surface area contributed by atoms with Crippen molar-refractivity contribution < 1.29 is 4.68 Å². The first-order valence-electron chi connectivity index (χ1n) is 5.81. The quantitative estimate of drug-likeness (QED) is 0.382. The predicted octanol–water partition coefficient (Wildman–Crippen LogP) is 2.02. The van der Waals surface area contributed by atoms with Crippen LogP contribution in [0.5, 0.6) is 0 Å². The maximum atomic E-state index is 4.36. The minimum Gasteiger partial charge on any atom is -0.137 e. The molecule has 0 aliphatic rings. The fraction of sp³-hybridized carbons (Fsp3) is 0.667. The normalized spacial score (nSPS) is 10.5. The molecule has 0 fully saturated rings. The van der Waals surface area contributed by atoms with Crippen LogP contribution in [0.1, 0.15) is 38.3 Å². The minimum atomic E-state index is 0.794. The molecule has 3 heteroatoms. The number of aryl methyl sites for hydroxylation is 2. The van der Waals surface area contributed by atoms with E-state index in [9.17, 15) is 0 Å². The van der Waals surface area contributed by atoms with Crippen LogP contribution in [0.2, 0.25) is 0 Å². The summed E-state index contributed by atoms with van der Waals surface area (Å²) in [5.41, 5.74) is 1.31. The molecule has 0 spiro atoms. The summed E-state index contributed by atoms with van der Waals surface area (Å²) in [6, 6.07) is 0. The molecule has 0 aromatic carbocycles. The zero-order chi connectivity index (χ0) is 11.1. The van der Waals surface area contributed by atoms with Crippen LogP contribution in [-0.4, -0.2) is 9.90 Å². The van der Waals surface area contributed by atoms with E-state index in [-0.39, 0.29) is 0 Å². The Kier molecular flexibility index (Phi) is 5.08. The summed E-state index contributed by atoms with van der Waals surface area (Å²) in [6.45, 7) is 6.74. The van der Waals surface area contributed by atoms with Crippen LogP contribution in [0.3, 0.4) is 0 Å². The van der Waals surface area contributed by atoms with E-state index in [1.165, 1.54) is 31.4 Å². The number of nitrogens with zero attached hydrogens (tertiary/aromatic N) is 3. The van der Waals surface area contributed by atoms with Crippen molar-refractivity contribution in [2.75, 3.05) is 0 Å². The second kappa shape index (κ2) is 6.38. The van der Waals surface area contributed by atoms with E-state index >= 15 is 0 Å². The maximum Gasteiger partial charge on any atom is 0.167 e. The smallest absolute Gasteiger partial charge is 0.137 e. The largest absolute Gasteiger partial charge is 0.167 e. The lowest BCUT2D eigenvalue weighted by Crippen LogP contribution is -2.34. The van der Waals surface area contributed by atoms with Crippen LogP contribution >= 0.6 is 0 Å². The molecule has 1 aromatic heterocycles. The second-order valence-electron chi connectivity index (χ2n) is 3.95. The molecule has 0 aliphatic carbocycles. The summed E-state index contributed by atoms with van der Waals surface area (Å²) in [4.78, 5) is 0. The monoisotopic (exact) mass is 208 g/mol. The first-order chi connectivity index (χ1) is 7.27. The van der Waals surface area contributed by atoms with Crippen LogP contribution in [0.4, 0.5) is 0 Å². The van der Waals surface area contributed by atoms with Crippen molar-refractivity contribution in [2.24, 2.45) is 7.05 Å². The number of aromatic nitrogens is 3. The Bertz CT molecular complexity index is 302. The van der Waals surface area contributed by atoms with Gasteiger partial charge in [-0.3, -0.25) is 0 Å². The van der Waals surface area contributed by atoms with Crippen molar-refractivity contribution in [1.82, 2.24) is 9.90 Å². The maximum absolute atomic E-state index is 4.36. The van der Waals surface area contributed by atoms with Crippen LogP contribution in [-0.2, 0) is 20.0 Å². The van der Waals surface area contributed by atoms with Gasteiger partial charge in [0.05, 0.1) is 5.21 Å². The van der Waals surface area contributed by atoms with Crippen LogP contribution in [0, 0.1) is 0 Å². The molecule has 3 nitrogen and oxygen atoms in total. The summed E-state index contributed by atoms with van der Waals surface area (Å²) in [6.07, 6.45) is 10.3. The molecular formula is C12H22N3+. The summed E-state index contributed by atoms with van der Waals surface area (Å²) in [5, 5.41) is 4.36. The number of hydrogen-bond acceptors (Lipinski definition) is 1. The molecule has 1 heterocycles. The standard InChI is InChI=1S/C12H22N3/c1-4-6-7-8-9-12-11-15(10-5-2)13-14(12)3/h5,11H,2,4,6-10H2,1,3H3/q+1. The van der Waals surface area contributed by atoms with E-state index in [2.05, 4.69) is 24.9 Å². The van der Waals surface area contributed by atoms with Gasteiger partial charge in [0, 0.05) is 6.42 Å². The van der Waals surface area contributed by atoms with Gasteiger partial charge in [-0.05, 0) is 12.5 Å². The average Bonchev–Trinajstić information content (AvgIpc) is 2.55. The highest BCUT2D eigenvalue weighted by Crippen LogP contribution is 2.04. The van der Waals surface area contributed by atoms with Gasteiger partial charge in [-0.15, -0.1) is 9.36 Å². The summed E-state index contributed by atoms with van der Waals surface area (Å²) in [5.74, 6) is 0. The van der Waals surface area contributed by atoms with Gasteiger partial charge in [-0.1, -0.05) is 32.8 Å². The van der Waals surface area contributed by atoms with Gasteiger partial charge in [0.1, 0.15) is 13.6 Å². The number of rotatable bonds is 7. The lowest BCUT2D eigenvalue weighted by molar-refractivity contribution is -0.746. The Morgan fingerprint density at radius 3 is 2.93 bits per heavy atom. The van der Waals surface area contributed by atoms with Gasteiger partial charge in [0.15, 0.2) is 11.9 Å². The highest BCUT2D eigenvalue weighted by Gasteiger charge is 2.10. The predicted molar refractivity (Wildman–Crippen MR) is 61.4 cm³/mol. The first kappa shape index (κ1) is 12.0. The van der Waals surface area contributed by atoms with Crippen molar-refractivity contribution in [2.45, 2.75) is 45.6 Å². The molecule has 0 N–H and O–H groups in total. The van der Waals surface area contributed by atoms with Gasteiger partial charge >= 0.3 is 0 Å². The molecule has 0 aliphatic heterocycles. The Balaban J connectivity index is 2.42. The van der Waals surface area contributed by atoms with Crippen LogP contribution < -0.4 is 4.68 Å². The lowest BCUT2D eigenvalue weighted by Gasteiger charge is -1.95. The summed E-state index contributed by atoms with van der Waals surface area (Å²) >= 11 is 0. The van der Waals surface area contributed by atoms with Crippen molar-refractivity contribution in [1.29, 1.82) is 0 Å². The molecule has 0 amide bonds. The third-order valence-corrected chi connectivity index (χ3v) is 2.57. The van der Waals surface area contributed by atoms with Crippen LogP contribution in [0.25, 0.3) is 0 Å². The minimum absolute atomic E-state index is 0.794. The van der Waals surface area contributed by atoms with Gasteiger partial charge in [-0.25, -0.2) is 0 Å². The van der Waals surface area contributed by atoms with Gasteiger partial charge in [-0.2, -0.15) is 0 Å². The second-order valence-corrected chi connectivity index (χ2v) is 3.95. The highest BCUT2D eigenvalue weighted by atomic mass is 15.5. The van der Waals surface area contributed by atoms with Crippen molar-refractivity contribution in [3.63, 3.8) is 0 Å². The summed E-state index contributed by atoms with van der Waals surface area (Å²) < 4.78 is 3.90. The highest BCUT2D eigenvalue weighted by molar-refractivity contribution is 4.89. The molecule has 0 atom stereocenters. The Morgan fingerprint density at radius 1 is 1.47 bits per heavy atom. The number of hydrogen-bond donors (Lipinski definition) is 0. The molecule has 0 saturated heterocycles. The van der Waals surface area contributed by atoms with Crippen molar-refractivity contribution >= 4 is 0 Å². The van der Waals surface area contributed by atoms with Gasteiger partial charge in [0.2, 0.25) is 0 Å². The zero-order valence-electron chi connectivity index (χ0n) is 9.95. The number of allylic oxidation sites excluding steroid dienone is 1. The molecule has 0 saturated carbocycles. The third kappa shape index (κ3) is 3.86. The topological polar surface area (TPSA) is 21.7 Å². The molecule has 15 heavy (non-hydrogen) atoms. The molecule has 1 aromatic rings. The fourth-order valence-corrected chi connectivity index (χ4v) is 1.69. The van der Waals surface area contributed by atoms with Gasteiger partial charge in [0.25, 0.3) is 0 Å². The first-order valence-corrected chi connectivity index (χ1v) is 5.81. The van der Waals surface area contributed by atoms with E-state index in [1.807, 2.05) is 22.5 Å². The Morgan fingerprint density at radius 2 is 2.27 bits per heavy atom. The van der Waals surface area contributed by atoms with E-state index in [1.54, 1.807) is 0 Å². The van der Waals surface area contributed by atoms with Crippen LogP contribution in [0.15, 0.2) is 18.9 Å². The van der Waals surface area contributed by atoms with E-state index in [0.29, 0.717) is 0 Å². The molecule has 0 radical (unpaired) electrons. The molecular weight excluding hydrogens is 186 g/mol. The fourth-order valence-electron chi connectivity index (χ4n) is 1.69. The Labute approximate surface area is 92.4 Å². The molecule has 0 unspecified atom stereocenters. The molecule has 0 bridgehead atoms. The van der Waals surface area contributed by atoms with Crippen molar-refractivity contribution in [3.8, 4) is 0 Å². The summed E-state index contributed by atoms with van der Waals surface area (Å²) in [7, 11) is 2.01. The molecule has 1 rings (SSSR count). The molecule has 84 valence electrons. The van der Waals surface area contributed by atoms with Gasteiger partial charge < -0.3 is 0 Å². The third-order valence-electron chi connectivity index (χ3n) is 2.57. The van der Waals surface area contributed by atoms with Crippen molar-refractivity contribution in [3.05, 3.63) is 24.5 Å². The zero-order valence-corrected chi connectivity index (χ0v) is 9.95. The average molecular weight is 208 g/mol. The van der Waals surface area contributed by atoms with E-state index in [4.69, 9.17) is 0 Å². The van der Waals surface area contributed by atoms with E-state index < -0.39 is 0 Å². The van der Waals surface area contributed by atoms with E-state index in [0.717, 1.165) is 13.0 Å². The number of unbranched alkanes of at least 4 members (excludes halogenated alkanes) is 3. The lowest BCUT2D eigenvalue weighted by atomic mass is 10.1. The Hall–Kier alpha value is -1.12.